The van der Waals surface area contributed by atoms with Crippen molar-refractivity contribution in [1.82, 2.24) is 0 Å². The highest BCUT2D eigenvalue weighted by Crippen LogP contribution is 2.58. The molecule has 0 aromatic heterocycles. The lowest BCUT2D eigenvalue weighted by Crippen LogP contribution is -2.46. The van der Waals surface area contributed by atoms with Crippen LogP contribution in [0.2, 0.25) is 0 Å². The summed E-state index contributed by atoms with van der Waals surface area (Å²) in [5.74, 6) is -0.487. The monoisotopic (exact) mass is 232 g/mol. The Hall–Kier alpha value is -0.420. The van der Waals surface area contributed by atoms with Crippen molar-refractivity contribution in [3.05, 3.63) is 0 Å². The van der Waals surface area contributed by atoms with Crippen LogP contribution in [0.1, 0.15) is 27.2 Å². The molecule has 1 N–H and O–H groups in total. The van der Waals surface area contributed by atoms with E-state index in [4.69, 9.17) is 4.55 Å². The Balaban J connectivity index is 2.46. The number of fused-ring (bicyclic) bond motifs is 2. The van der Waals surface area contributed by atoms with E-state index < -0.39 is 15.4 Å². The highest BCUT2D eigenvalue weighted by molar-refractivity contribution is 7.87. The van der Waals surface area contributed by atoms with Gasteiger partial charge in [-0.15, -0.1) is 0 Å². The fourth-order valence-corrected chi connectivity index (χ4v) is 4.62. The number of ketones is 1. The van der Waals surface area contributed by atoms with Crippen LogP contribution in [0.15, 0.2) is 0 Å². The van der Waals surface area contributed by atoms with Gasteiger partial charge in [-0.05, 0) is 23.7 Å². The third kappa shape index (κ3) is 1.29. The second-order valence-corrected chi connectivity index (χ2v) is 6.93. The molecule has 15 heavy (non-hydrogen) atoms. The van der Waals surface area contributed by atoms with Gasteiger partial charge in [0.05, 0.1) is 0 Å². The lowest BCUT2D eigenvalue weighted by atomic mass is 9.69. The number of rotatable bonds is 1. The number of hydrogen-bond acceptors (Lipinski definition) is 3. The lowest BCUT2D eigenvalue weighted by Gasteiger charge is -2.38. The van der Waals surface area contributed by atoms with Crippen molar-refractivity contribution in [2.24, 2.45) is 23.2 Å². The van der Waals surface area contributed by atoms with Crippen LogP contribution in [0, 0.1) is 23.2 Å². The summed E-state index contributed by atoms with van der Waals surface area (Å²) in [4.78, 5) is 11.8. The van der Waals surface area contributed by atoms with Crippen LogP contribution >= 0.6 is 0 Å². The summed E-state index contributed by atoms with van der Waals surface area (Å²) >= 11 is 0. The molecule has 0 spiro atoms. The van der Waals surface area contributed by atoms with Gasteiger partial charge in [0, 0.05) is 5.92 Å². The Morgan fingerprint density at radius 3 is 2.33 bits per heavy atom. The average Bonchev–Trinajstić information content (AvgIpc) is 2.48. The van der Waals surface area contributed by atoms with Crippen LogP contribution < -0.4 is 0 Å². The van der Waals surface area contributed by atoms with Crippen LogP contribution in [-0.4, -0.2) is 24.0 Å². The zero-order chi connectivity index (χ0) is 11.6. The maximum absolute atomic E-state index is 11.8. The molecular formula is C10H16O4S. The van der Waals surface area contributed by atoms with Crippen LogP contribution in [0.25, 0.3) is 0 Å². The second kappa shape index (κ2) is 2.83. The Morgan fingerprint density at radius 1 is 1.40 bits per heavy atom. The molecule has 86 valence electrons. The second-order valence-electron chi connectivity index (χ2n) is 5.40. The molecule has 2 aliphatic carbocycles. The molecule has 0 aromatic carbocycles. The highest BCUT2D eigenvalue weighted by Gasteiger charge is 2.63. The minimum Gasteiger partial charge on any atom is -0.298 e. The third-order valence-electron chi connectivity index (χ3n) is 4.57. The summed E-state index contributed by atoms with van der Waals surface area (Å²) in [6, 6.07) is 0. The Labute approximate surface area is 89.8 Å². The van der Waals surface area contributed by atoms with E-state index in [-0.39, 0.29) is 29.0 Å². The summed E-state index contributed by atoms with van der Waals surface area (Å²) in [5, 5.41) is -1.17. The zero-order valence-corrected chi connectivity index (χ0v) is 9.91. The first-order chi connectivity index (χ1) is 6.67. The van der Waals surface area contributed by atoms with E-state index in [2.05, 4.69) is 0 Å². The van der Waals surface area contributed by atoms with Gasteiger partial charge in [-0.3, -0.25) is 9.35 Å². The number of hydrogen-bond donors (Lipinski definition) is 1. The molecule has 0 radical (unpaired) electrons. The molecule has 2 aliphatic rings. The van der Waals surface area contributed by atoms with Crippen LogP contribution in [0.5, 0.6) is 0 Å². The van der Waals surface area contributed by atoms with Crippen molar-refractivity contribution in [2.45, 2.75) is 32.4 Å². The van der Waals surface area contributed by atoms with Gasteiger partial charge >= 0.3 is 0 Å². The highest BCUT2D eigenvalue weighted by atomic mass is 32.2. The van der Waals surface area contributed by atoms with Crippen molar-refractivity contribution in [3.63, 3.8) is 0 Å². The molecular weight excluding hydrogens is 216 g/mol. The van der Waals surface area contributed by atoms with E-state index in [0.29, 0.717) is 6.42 Å². The van der Waals surface area contributed by atoms with E-state index in [9.17, 15) is 13.2 Å². The van der Waals surface area contributed by atoms with Crippen molar-refractivity contribution in [2.75, 3.05) is 0 Å². The molecule has 0 heterocycles. The number of carbonyl (C=O) groups is 1. The summed E-state index contributed by atoms with van der Waals surface area (Å²) in [7, 11) is -4.23. The largest absolute Gasteiger partial charge is 0.298 e. The predicted molar refractivity (Wildman–Crippen MR) is 54.9 cm³/mol. The first-order valence-corrected chi connectivity index (χ1v) is 6.67. The summed E-state index contributed by atoms with van der Waals surface area (Å²) in [6.45, 7) is 5.95. The van der Waals surface area contributed by atoms with Crippen molar-refractivity contribution in [1.29, 1.82) is 0 Å². The normalized spacial score (nSPS) is 43.6. The minimum absolute atomic E-state index is 0.182. The summed E-state index contributed by atoms with van der Waals surface area (Å²) in [6.07, 6.45) is 0.609. The van der Waals surface area contributed by atoms with Gasteiger partial charge in [0.25, 0.3) is 10.1 Å². The molecule has 0 saturated heterocycles. The smallest absolute Gasteiger partial charge is 0.275 e. The van der Waals surface area contributed by atoms with E-state index >= 15 is 0 Å². The van der Waals surface area contributed by atoms with Gasteiger partial charge in [0.15, 0.2) is 5.78 Å². The Kier molecular flexibility index (Phi) is 2.09. The van der Waals surface area contributed by atoms with E-state index in [1.165, 1.54) is 0 Å². The molecule has 2 rings (SSSR count). The topological polar surface area (TPSA) is 71.4 Å². The Bertz CT molecular complexity index is 409. The molecule has 2 bridgehead atoms. The van der Waals surface area contributed by atoms with Crippen LogP contribution in [0.4, 0.5) is 0 Å². The molecule has 0 unspecified atom stereocenters. The SMILES string of the molecule is C[C@@H]1[C@H]2C[C@@H]([C@@H](S(=O)(=O)O)C2=O)C1(C)C. The molecule has 4 atom stereocenters. The van der Waals surface area contributed by atoms with E-state index in [1.54, 1.807) is 0 Å². The fourth-order valence-electron chi connectivity index (χ4n) is 3.28. The fraction of sp³-hybridized carbons (Fsp3) is 0.900. The van der Waals surface area contributed by atoms with E-state index in [1.807, 2.05) is 20.8 Å². The molecule has 0 aliphatic heterocycles. The maximum atomic E-state index is 11.8. The molecule has 0 amide bonds. The standard InChI is InChI=1S/C10H16O4S/c1-5-6-4-7(10(5,2)3)9(8(6)11)15(12,13)14/h5-7,9H,4H2,1-3H3,(H,12,13,14)/t5-,6-,7+,9-/m1/s1. The summed E-state index contributed by atoms with van der Waals surface area (Å²) in [5.41, 5.74) is -0.182. The predicted octanol–water partition coefficient (Wildman–Crippen LogP) is 1.12. The zero-order valence-electron chi connectivity index (χ0n) is 9.10. The van der Waals surface area contributed by atoms with Gasteiger partial charge in [0.2, 0.25) is 0 Å². The molecule has 2 fully saturated rings. The third-order valence-corrected chi connectivity index (χ3v) is 5.78. The minimum atomic E-state index is -4.23. The van der Waals surface area contributed by atoms with Gasteiger partial charge in [0.1, 0.15) is 5.25 Å². The van der Waals surface area contributed by atoms with Crippen molar-refractivity contribution < 1.29 is 17.8 Å². The van der Waals surface area contributed by atoms with Gasteiger partial charge < -0.3 is 0 Å². The molecule has 4 nitrogen and oxygen atoms in total. The van der Waals surface area contributed by atoms with Crippen molar-refractivity contribution in [3.8, 4) is 0 Å². The number of carbonyl (C=O) groups excluding carboxylic acids is 1. The Morgan fingerprint density at radius 2 is 1.93 bits per heavy atom. The van der Waals surface area contributed by atoms with Gasteiger partial charge in [-0.1, -0.05) is 20.8 Å². The van der Waals surface area contributed by atoms with E-state index in [0.717, 1.165) is 0 Å². The van der Waals surface area contributed by atoms with Gasteiger partial charge in [-0.2, -0.15) is 8.42 Å². The molecule has 5 heteroatoms. The quantitative estimate of drug-likeness (QED) is 0.688. The maximum Gasteiger partial charge on any atom is 0.275 e. The molecule has 2 saturated carbocycles. The molecule has 0 aromatic rings. The van der Waals surface area contributed by atoms with Gasteiger partial charge in [-0.25, -0.2) is 0 Å². The van der Waals surface area contributed by atoms with Crippen LogP contribution in [-0.2, 0) is 14.9 Å². The lowest BCUT2D eigenvalue weighted by molar-refractivity contribution is -0.125. The number of Topliss-reactive ketones (excluding diaryl/α,β-unsaturated/α-hetero) is 1. The summed E-state index contributed by atoms with van der Waals surface area (Å²) < 4.78 is 31.4. The first-order valence-electron chi connectivity index (χ1n) is 5.17. The van der Waals surface area contributed by atoms with Crippen molar-refractivity contribution >= 4 is 15.9 Å². The first kappa shape index (κ1) is 11.1. The van der Waals surface area contributed by atoms with Crippen LogP contribution in [0.3, 0.4) is 0 Å². The average molecular weight is 232 g/mol.